The van der Waals surface area contributed by atoms with Crippen LogP contribution in [0.5, 0.6) is 0 Å². The van der Waals surface area contributed by atoms with Crippen LogP contribution in [-0.2, 0) is 4.79 Å². The predicted octanol–water partition coefficient (Wildman–Crippen LogP) is 2.48. The Morgan fingerprint density at radius 2 is 2.05 bits per heavy atom. The molecule has 1 rings (SSSR count). The third kappa shape index (κ3) is 6.33. The molecule has 0 saturated heterocycles. The Hall–Kier alpha value is -1.98. The number of carbonyl (C=O) groups is 2. The van der Waals surface area contributed by atoms with Gasteiger partial charge >= 0.3 is 5.97 Å². The lowest BCUT2D eigenvalue weighted by molar-refractivity contribution is -0.137. The Morgan fingerprint density at radius 3 is 2.57 bits per heavy atom. The van der Waals surface area contributed by atoms with Crippen molar-refractivity contribution in [2.45, 2.75) is 33.1 Å². The fraction of sp³-hybridized carbons (Fsp3) is 0.533. The number of aromatic nitrogens is 1. The van der Waals surface area contributed by atoms with Crippen molar-refractivity contribution in [2.24, 2.45) is 11.8 Å². The number of hydrogen-bond donors (Lipinski definition) is 2. The van der Waals surface area contributed by atoms with Crippen molar-refractivity contribution in [1.29, 1.82) is 0 Å². The summed E-state index contributed by atoms with van der Waals surface area (Å²) in [6.07, 6.45) is 2.44. The number of nitrogens with zero attached hydrogens (tertiary/aromatic N) is 1. The zero-order chi connectivity index (χ0) is 15.8. The van der Waals surface area contributed by atoms with Gasteiger partial charge in [-0.05, 0) is 36.8 Å². The number of halogens is 1. The highest BCUT2D eigenvalue weighted by Crippen LogP contribution is 2.20. The minimum Gasteiger partial charge on any atom is -0.481 e. The van der Waals surface area contributed by atoms with E-state index in [1.165, 1.54) is 12.1 Å². The topological polar surface area (TPSA) is 79.3 Å². The molecule has 0 aromatic carbocycles. The zero-order valence-electron chi connectivity index (χ0n) is 12.3. The van der Waals surface area contributed by atoms with E-state index in [1.54, 1.807) is 0 Å². The van der Waals surface area contributed by atoms with E-state index in [1.807, 2.05) is 13.8 Å². The Bertz CT molecular complexity index is 474. The van der Waals surface area contributed by atoms with Gasteiger partial charge in [-0.2, -0.15) is 0 Å². The van der Waals surface area contributed by atoms with E-state index in [0.29, 0.717) is 25.3 Å². The highest BCUT2D eigenvalue weighted by molar-refractivity contribution is 5.92. The molecule has 0 aliphatic heterocycles. The summed E-state index contributed by atoms with van der Waals surface area (Å²) in [5, 5.41) is 11.4. The number of carbonyl (C=O) groups excluding carboxylic acids is 1. The van der Waals surface area contributed by atoms with Crippen LogP contribution in [0.2, 0.25) is 0 Å². The molecule has 2 N–H and O–H groups in total. The van der Waals surface area contributed by atoms with E-state index in [0.717, 1.165) is 6.20 Å². The molecule has 1 amide bonds. The molecule has 5 nitrogen and oxygen atoms in total. The molecule has 1 aromatic rings. The molecule has 0 aliphatic rings. The third-order valence-corrected chi connectivity index (χ3v) is 3.43. The van der Waals surface area contributed by atoms with Gasteiger partial charge in [0, 0.05) is 13.0 Å². The summed E-state index contributed by atoms with van der Waals surface area (Å²) in [7, 11) is 0. The monoisotopic (exact) mass is 296 g/mol. The summed E-state index contributed by atoms with van der Waals surface area (Å²) in [6.45, 7) is 4.52. The smallest absolute Gasteiger partial charge is 0.303 e. The van der Waals surface area contributed by atoms with E-state index < -0.39 is 11.8 Å². The van der Waals surface area contributed by atoms with E-state index >= 15 is 0 Å². The van der Waals surface area contributed by atoms with Crippen molar-refractivity contribution in [3.63, 3.8) is 0 Å². The molecule has 0 spiro atoms. The highest BCUT2D eigenvalue weighted by Gasteiger charge is 2.15. The number of carboxylic acids is 1. The summed E-state index contributed by atoms with van der Waals surface area (Å²) >= 11 is 0. The SMILES string of the molecule is CC(C)C(CCNC(=O)c1ccc(F)cn1)CCC(=O)O. The molecule has 0 fully saturated rings. The summed E-state index contributed by atoms with van der Waals surface area (Å²) in [5.41, 5.74) is 0.169. The van der Waals surface area contributed by atoms with Crippen LogP contribution in [0.15, 0.2) is 18.3 Å². The van der Waals surface area contributed by atoms with Crippen molar-refractivity contribution in [1.82, 2.24) is 10.3 Å². The molecule has 6 heteroatoms. The lowest BCUT2D eigenvalue weighted by atomic mass is 9.88. The summed E-state index contributed by atoms with van der Waals surface area (Å²) < 4.78 is 12.7. The molecule has 21 heavy (non-hydrogen) atoms. The number of amides is 1. The Kier molecular flexibility index (Phi) is 6.78. The van der Waals surface area contributed by atoms with E-state index in [-0.39, 0.29) is 23.9 Å². The minimum atomic E-state index is -0.805. The second-order valence-electron chi connectivity index (χ2n) is 5.34. The Balaban J connectivity index is 2.40. The molecule has 116 valence electrons. The van der Waals surface area contributed by atoms with Crippen molar-refractivity contribution in [3.05, 3.63) is 29.8 Å². The summed E-state index contributed by atoms with van der Waals surface area (Å²) in [6, 6.07) is 2.51. The summed E-state index contributed by atoms with van der Waals surface area (Å²) in [4.78, 5) is 26.1. The van der Waals surface area contributed by atoms with Crippen molar-refractivity contribution >= 4 is 11.9 Å². The number of rotatable bonds is 8. The molecule has 1 unspecified atom stereocenters. The average Bonchev–Trinajstić information content (AvgIpc) is 2.42. The second-order valence-corrected chi connectivity index (χ2v) is 5.34. The van der Waals surface area contributed by atoms with Crippen molar-refractivity contribution < 1.29 is 19.1 Å². The average molecular weight is 296 g/mol. The molecular weight excluding hydrogens is 275 g/mol. The predicted molar refractivity (Wildman–Crippen MR) is 76.3 cm³/mol. The van der Waals surface area contributed by atoms with Crippen LogP contribution in [0.3, 0.4) is 0 Å². The van der Waals surface area contributed by atoms with Gasteiger partial charge in [0.1, 0.15) is 11.5 Å². The summed E-state index contributed by atoms with van der Waals surface area (Å²) in [5.74, 6) is -1.05. The van der Waals surface area contributed by atoms with Gasteiger partial charge in [0.05, 0.1) is 6.20 Å². The molecule has 0 saturated carbocycles. The van der Waals surface area contributed by atoms with E-state index in [9.17, 15) is 14.0 Å². The van der Waals surface area contributed by atoms with Gasteiger partial charge < -0.3 is 10.4 Å². The maximum absolute atomic E-state index is 12.7. The number of carboxylic acid groups (broad SMARTS) is 1. The molecule has 1 aromatic heterocycles. The quantitative estimate of drug-likeness (QED) is 0.772. The maximum Gasteiger partial charge on any atom is 0.303 e. The Morgan fingerprint density at radius 1 is 1.33 bits per heavy atom. The lowest BCUT2D eigenvalue weighted by Crippen LogP contribution is -2.27. The first kappa shape index (κ1) is 17.1. The molecule has 0 radical (unpaired) electrons. The first-order valence-electron chi connectivity index (χ1n) is 7.01. The standard InChI is InChI=1S/C15H21FN2O3/c1-10(2)11(3-6-14(19)20)7-8-17-15(21)13-5-4-12(16)9-18-13/h4-5,9-11H,3,6-8H2,1-2H3,(H,17,21)(H,19,20). The van der Waals surface area contributed by atoms with Crippen LogP contribution >= 0.6 is 0 Å². The molecular formula is C15H21FN2O3. The van der Waals surface area contributed by atoms with Gasteiger partial charge in [-0.25, -0.2) is 9.37 Å². The van der Waals surface area contributed by atoms with Gasteiger partial charge in [0.2, 0.25) is 0 Å². The van der Waals surface area contributed by atoms with Crippen LogP contribution in [-0.4, -0.2) is 28.5 Å². The fourth-order valence-corrected chi connectivity index (χ4v) is 2.09. The first-order valence-corrected chi connectivity index (χ1v) is 7.01. The van der Waals surface area contributed by atoms with Gasteiger partial charge in [0.25, 0.3) is 5.91 Å². The molecule has 0 aliphatic carbocycles. The van der Waals surface area contributed by atoms with Crippen LogP contribution in [0.25, 0.3) is 0 Å². The fourth-order valence-electron chi connectivity index (χ4n) is 2.09. The van der Waals surface area contributed by atoms with Gasteiger partial charge in [0.15, 0.2) is 0 Å². The largest absolute Gasteiger partial charge is 0.481 e. The second kappa shape index (κ2) is 8.34. The highest BCUT2D eigenvalue weighted by atomic mass is 19.1. The van der Waals surface area contributed by atoms with Gasteiger partial charge in [-0.3, -0.25) is 9.59 Å². The maximum atomic E-state index is 12.7. The van der Waals surface area contributed by atoms with Crippen LogP contribution in [0.1, 0.15) is 43.6 Å². The number of hydrogen-bond acceptors (Lipinski definition) is 3. The van der Waals surface area contributed by atoms with E-state index in [2.05, 4.69) is 10.3 Å². The normalized spacial score (nSPS) is 12.2. The first-order chi connectivity index (χ1) is 9.90. The van der Waals surface area contributed by atoms with Gasteiger partial charge in [-0.15, -0.1) is 0 Å². The number of nitrogens with one attached hydrogen (secondary N) is 1. The minimum absolute atomic E-state index is 0.135. The lowest BCUT2D eigenvalue weighted by Gasteiger charge is -2.20. The van der Waals surface area contributed by atoms with Crippen LogP contribution < -0.4 is 5.32 Å². The van der Waals surface area contributed by atoms with Crippen molar-refractivity contribution in [3.8, 4) is 0 Å². The van der Waals surface area contributed by atoms with E-state index in [4.69, 9.17) is 5.11 Å². The molecule has 1 atom stereocenters. The Labute approximate surface area is 123 Å². The number of pyridine rings is 1. The molecule has 1 heterocycles. The number of aliphatic carboxylic acids is 1. The molecule has 0 bridgehead atoms. The third-order valence-electron chi connectivity index (χ3n) is 3.43. The van der Waals surface area contributed by atoms with Crippen LogP contribution in [0.4, 0.5) is 4.39 Å². The van der Waals surface area contributed by atoms with Gasteiger partial charge in [-0.1, -0.05) is 13.8 Å². The van der Waals surface area contributed by atoms with Crippen molar-refractivity contribution in [2.75, 3.05) is 6.54 Å². The van der Waals surface area contributed by atoms with Crippen LogP contribution in [0, 0.1) is 17.7 Å². The zero-order valence-corrected chi connectivity index (χ0v) is 12.3.